The lowest BCUT2D eigenvalue weighted by molar-refractivity contribution is -0.140. The summed E-state index contributed by atoms with van der Waals surface area (Å²) >= 11 is 0. The number of anilines is 1. The summed E-state index contributed by atoms with van der Waals surface area (Å²) in [5.74, 6) is 0.160. The van der Waals surface area contributed by atoms with E-state index in [0.29, 0.717) is 17.9 Å². The van der Waals surface area contributed by atoms with Crippen LogP contribution < -0.4 is 14.4 Å². The number of hydrogen-bond acceptors (Lipinski definition) is 5. The minimum absolute atomic E-state index is 0.0994. The quantitative estimate of drug-likeness (QED) is 0.523. The van der Waals surface area contributed by atoms with Crippen LogP contribution in [0.5, 0.6) is 5.75 Å². The number of hydrogen-bond donors (Lipinski definition) is 1. The molecule has 0 spiro atoms. The van der Waals surface area contributed by atoms with Gasteiger partial charge in [0.05, 0.1) is 19.1 Å². The number of likely N-dealkylation sites (N-methyl/N-ethyl adjacent to an activating group) is 1. The van der Waals surface area contributed by atoms with Gasteiger partial charge in [0, 0.05) is 26.6 Å². The molecule has 2 aromatic carbocycles. The first-order valence-corrected chi connectivity index (χ1v) is 13.0. The molecule has 9 heteroatoms. The molecular formula is C25H35N3O5S. The van der Waals surface area contributed by atoms with Crippen molar-refractivity contribution in [2.75, 3.05) is 31.3 Å². The lowest BCUT2D eigenvalue weighted by Crippen LogP contribution is -2.46. The van der Waals surface area contributed by atoms with Crippen molar-refractivity contribution >= 4 is 27.5 Å². The van der Waals surface area contributed by atoms with E-state index >= 15 is 0 Å². The third-order valence-corrected chi connectivity index (χ3v) is 7.08. The smallest absolute Gasteiger partial charge is 0.242 e. The average molecular weight is 490 g/mol. The van der Waals surface area contributed by atoms with Gasteiger partial charge in [-0.05, 0) is 62.1 Å². The standard InChI is InChI=1S/C25H35N3O5S/c1-18-10-7-13-23(19(18)2)28(34(6,31)32)15-9-14-24(29)27(20(3)25(30)26-4)17-21-11-8-12-22(16-21)33-5/h7-8,10-13,16,20H,9,14-15,17H2,1-6H3,(H,26,30). The van der Waals surface area contributed by atoms with Gasteiger partial charge in [-0.2, -0.15) is 0 Å². The van der Waals surface area contributed by atoms with Crippen LogP contribution in [-0.2, 0) is 26.2 Å². The number of carbonyl (C=O) groups excluding carboxylic acids is 2. The molecule has 0 fully saturated rings. The molecule has 2 aromatic rings. The van der Waals surface area contributed by atoms with E-state index in [-0.39, 0.29) is 31.3 Å². The van der Waals surface area contributed by atoms with Crippen LogP contribution in [0.25, 0.3) is 0 Å². The van der Waals surface area contributed by atoms with Crippen LogP contribution in [0.1, 0.15) is 36.5 Å². The van der Waals surface area contributed by atoms with E-state index < -0.39 is 16.1 Å². The van der Waals surface area contributed by atoms with Crippen molar-refractivity contribution in [3.8, 4) is 5.75 Å². The number of ether oxygens (including phenoxy) is 1. The van der Waals surface area contributed by atoms with Gasteiger partial charge in [-0.3, -0.25) is 13.9 Å². The minimum Gasteiger partial charge on any atom is -0.497 e. The van der Waals surface area contributed by atoms with Gasteiger partial charge in [-0.1, -0.05) is 24.3 Å². The molecule has 1 unspecified atom stereocenters. The Labute approximate surface area is 202 Å². The molecule has 0 heterocycles. The first-order chi connectivity index (χ1) is 16.0. The van der Waals surface area contributed by atoms with Gasteiger partial charge in [-0.25, -0.2) is 8.42 Å². The van der Waals surface area contributed by atoms with Crippen molar-refractivity contribution in [1.82, 2.24) is 10.2 Å². The third kappa shape index (κ3) is 6.96. The van der Waals surface area contributed by atoms with E-state index in [1.807, 2.05) is 50.2 Å². The summed E-state index contributed by atoms with van der Waals surface area (Å²) in [7, 11) is -0.438. The van der Waals surface area contributed by atoms with Crippen molar-refractivity contribution in [1.29, 1.82) is 0 Å². The van der Waals surface area contributed by atoms with Crippen molar-refractivity contribution in [2.24, 2.45) is 0 Å². The van der Waals surface area contributed by atoms with Crippen LogP contribution in [-0.4, -0.2) is 58.1 Å². The zero-order valence-electron chi connectivity index (χ0n) is 20.8. The van der Waals surface area contributed by atoms with Gasteiger partial charge >= 0.3 is 0 Å². The maximum atomic E-state index is 13.2. The molecule has 0 bridgehead atoms. The fourth-order valence-corrected chi connectivity index (χ4v) is 4.76. The summed E-state index contributed by atoms with van der Waals surface area (Å²) in [6.07, 6.45) is 1.58. The summed E-state index contributed by atoms with van der Waals surface area (Å²) in [6, 6.07) is 12.2. The van der Waals surface area contributed by atoms with E-state index in [0.717, 1.165) is 16.7 Å². The molecule has 186 valence electrons. The lowest BCUT2D eigenvalue weighted by atomic mass is 10.1. The monoisotopic (exact) mass is 489 g/mol. The normalized spacial score (nSPS) is 12.1. The molecule has 0 saturated heterocycles. The predicted molar refractivity (Wildman–Crippen MR) is 134 cm³/mol. The Bertz CT molecular complexity index is 1120. The number of amides is 2. The molecule has 2 amide bonds. The number of nitrogens with one attached hydrogen (secondary N) is 1. The highest BCUT2D eigenvalue weighted by atomic mass is 32.2. The van der Waals surface area contributed by atoms with Gasteiger partial charge in [0.1, 0.15) is 11.8 Å². The highest BCUT2D eigenvalue weighted by molar-refractivity contribution is 7.92. The van der Waals surface area contributed by atoms with Crippen molar-refractivity contribution in [3.63, 3.8) is 0 Å². The molecule has 8 nitrogen and oxygen atoms in total. The third-order valence-electron chi connectivity index (χ3n) is 5.90. The summed E-state index contributed by atoms with van der Waals surface area (Å²) in [4.78, 5) is 27.0. The van der Waals surface area contributed by atoms with Gasteiger partial charge in [0.15, 0.2) is 0 Å². The zero-order chi connectivity index (χ0) is 25.5. The number of carbonyl (C=O) groups is 2. The maximum absolute atomic E-state index is 13.2. The molecule has 0 aliphatic heterocycles. The summed E-state index contributed by atoms with van der Waals surface area (Å²) in [5, 5.41) is 2.59. The molecular weight excluding hydrogens is 454 g/mol. The van der Waals surface area contributed by atoms with Crippen LogP contribution in [0, 0.1) is 13.8 Å². The number of aryl methyl sites for hydroxylation is 1. The molecule has 0 aromatic heterocycles. The number of methoxy groups -OCH3 is 1. The van der Waals surface area contributed by atoms with Crippen LogP contribution in [0.2, 0.25) is 0 Å². The van der Waals surface area contributed by atoms with Crippen LogP contribution in [0.15, 0.2) is 42.5 Å². The second-order valence-electron chi connectivity index (χ2n) is 8.32. The Kier molecular flexibility index (Phi) is 9.49. The molecule has 2 rings (SSSR count). The number of sulfonamides is 1. The lowest BCUT2D eigenvalue weighted by Gasteiger charge is -2.29. The molecule has 0 saturated carbocycles. The molecule has 1 atom stereocenters. The van der Waals surface area contributed by atoms with E-state index in [2.05, 4.69) is 5.32 Å². The Morgan fingerprint density at radius 2 is 1.79 bits per heavy atom. The predicted octanol–water partition coefficient (Wildman–Crippen LogP) is 3.02. The topological polar surface area (TPSA) is 96.0 Å². The van der Waals surface area contributed by atoms with E-state index in [9.17, 15) is 18.0 Å². The summed E-state index contributed by atoms with van der Waals surface area (Å²) in [5.41, 5.74) is 3.32. The average Bonchev–Trinajstić information content (AvgIpc) is 2.80. The fraction of sp³-hybridized carbons (Fsp3) is 0.440. The molecule has 1 N–H and O–H groups in total. The van der Waals surface area contributed by atoms with Crippen molar-refractivity contribution in [3.05, 3.63) is 59.2 Å². The van der Waals surface area contributed by atoms with Crippen LogP contribution >= 0.6 is 0 Å². The first kappa shape index (κ1) is 27.2. The minimum atomic E-state index is -3.53. The second kappa shape index (κ2) is 11.9. The Hall–Kier alpha value is -3.07. The number of nitrogens with zero attached hydrogens (tertiary/aromatic N) is 2. The second-order valence-corrected chi connectivity index (χ2v) is 10.2. The van der Waals surface area contributed by atoms with E-state index in [1.54, 1.807) is 20.1 Å². The van der Waals surface area contributed by atoms with Crippen LogP contribution in [0.4, 0.5) is 5.69 Å². The van der Waals surface area contributed by atoms with Crippen molar-refractivity contribution < 1.29 is 22.7 Å². The van der Waals surface area contributed by atoms with Gasteiger partial charge in [0.2, 0.25) is 21.8 Å². The molecule has 0 aliphatic carbocycles. The van der Waals surface area contributed by atoms with Crippen molar-refractivity contribution in [2.45, 2.75) is 46.2 Å². The van der Waals surface area contributed by atoms with Gasteiger partial charge in [0.25, 0.3) is 0 Å². The zero-order valence-corrected chi connectivity index (χ0v) is 21.6. The Morgan fingerprint density at radius 3 is 2.41 bits per heavy atom. The Morgan fingerprint density at radius 1 is 1.12 bits per heavy atom. The molecule has 34 heavy (non-hydrogen) atoms. The summed E-state index contributed by atoms with van der Waals surface area (Å²) in [6.45, 7) is 5.89. The largest absolute Gasteiger partial charge is 0.497 e. The maximum Gasteiger partial charge on any atom is 0.242 e. The van der Waals surface area contributed by atoms with Gasteiger partial charge in [-0.15, -0.1) is 0 Å². The van der Waals surface area contributed by atoms with Gasteiger partial charge < -0.3 is 15.0 Å². The number of rotatable bonds is 11. The molecule has 0 radical (unpaired) electrons. The highest BCUT2D eigenvalue weighted by Gasteiger charge is 2.26. The fourth-order valence-electron chi connectivity index (χ4n) is 3.75. The first-order valence-electron chi connectivity index (χ1n) is 11.2. The van der Waals surface area contributed by atoms with E-state index in [1.165, 1.54) is 22.5 Å². The SMILES string of the molecule is CNC(=O)C(C)N(Cc1cccc(OC)c1)C(=O)CCCN(c1cccc(C)c1C)S(C)(=O)=O. The Balaban J connectivity index is 2.19. The molecule has 0 aliphatic rings. The number of benzene rings is 2. The highest BCUT2D eigenvalue weighted by Crippen LogP contribution is 2.25. The summed E-state index contributed by atoms with van der Waals surface area (Å²) < 4.78 is 31.6. The van der Waals surface area contributed by atoms with Crippen LogP contribution in [0.3, 0.4) is 0 Å². The van der Waals surface area contributed by atoms with E-state index in [4.69, 9.17) is 4.74 Å².